The van der Waals surface area contributed by atoms with Gasteiger partial charge in [-0.25, -0.2) is 0 Å². The Morgan fingerprint density at radius 1 is 1.13 bits per heavy atom. The van der Waals surface area contributed by atoms with Gasteiger partial charge in [-0.05, 0) is 53.6 Å². The van der Waals surface area contributed by atoms with E-state index < -0.39 is 0 Å². The number of hydrogen-bond donors (Lipinski definition) is 1. The zero-order chi connectivity index (χ0) is 11.7. The smallest absolute Gasteiger partial charge is 0.0596 e. The highest BCUT2D eigenvalue weighted by atomic mass is 16.5. The summed E-state index contributed by atoms with van der Waals surface area (Å²) in [6, 6.07) is 0. The van der Waals surface area contributed by atoms with Crippen LogP contribution in [-0.2, 0) is 4.74 Å². The Bertz CT molecular complexity index is 138. The van der Waals surface area contributed by atoms with Crippen molar-refractivity contribution >= 4 is 0 Å². The molecule has 0 bridgehead atoms. The number of aliphatic hydroxyl groups is 1. The molecule has 0 aliphatic rings. The molecule has 0 spiro atoms. The van der Waals surface area contributed by atoms with Crippen molar-refractivity contribution in [3.8, 4) is 0 Å². The van der Waals surface area contributed by atoms with E-state index in [9.17, 15) is 0 Å². The van der Waals surface area contributed by atoms with Crippen molar-refractivity contribution < 1.29 is 9.84 Å². The molecule has 0 aliphatic heterocycles. The molecule has 92 valence electrons. The number of likely N-dealkylation sites (N-methyl/N-ethyl adjacent to an activating group) is 1. The van der Waals surface area contributed by atoms with Crippen LogP contribution in [0.25, 0.3) is 0 Å². The third-order valence-corrected chi connectivity index (χ3v) is 2.34. The summed E-state index contributed by atoms with van der Waals surface area (Å²) in [5.74, 6) is 0. The first-order chi connectivity index (χ1) is 7.02. The van der Waals surface area contributed by atoms with E-state index in [0.29, 0.717) is 6.10 Å². The summed E-state index contributed by atoms with van der Waals surface area (Å²) in [6.45, 7) is 8.86. The average Bonchev–Trinajstić information content (AvgIpc) is 2.11. The number of ether oxygens (including phenoxy) is 1. The number of rotatable bonds is 9. The fraction of sp³-hybridized carbons (Fsp3) is 1.00. The maximum Gasteiger partial charge on any atom is 0.0596 e. The minimum atomic E-state index is -0.153. The number of nitrogens with zero attached hydrogens (tertiary/aromatic N) is 1. The van der Waals surface area contributed by atoms with E-state index in [4.69, 9.17) is 9.84 Å². The van der Waals surface area contributed by atoms with Gasteiger partial charge >= 0.3 is 0 Å². The molecule has 3 heteroatoms. The van der Waals surface area contributed by atoms with Crippen molar-refractivity contribution in [3.05, 3.63) is 0 Å². The lowest BCUT2D eigenvalue weighted by Gasteiger charge is -2.17. The highest BCUT2D eigenvalue weighted by molar-refractivity contribution is 4.54. The fourth-order valence-corrected chi connectivity index (χ4v) is 1.38. The molecule has 0 rings (SSSR count). The number of hydrogen-bond acceptors (Lipinski definition) is 3. The first-order valence-electron chi connectivity index (χ1n) is 6.00. The molecule has 0 amide bonds. The fourth-order valence-electron chi connectivity index (χ4n) is 1.38. The summed E-state index contributed by atoms with van der Waals surface area (Å²) in [5, 5.41) is 9.09. The molecule has 0 aliphatic carbocycles. The van der Waals surface area contributed by atoms with Gasteiger partial charge < -0.3 is 14.7 Å². The highest BCUT2D eigenvalue weighted by Gasteiger charge is 2.00. The van der Waals surface area contributed by atoms with Crippen LogP contribution in [0.2, 0.25) is 0 Å². The Balaban J connectivity index is 3.22. The molecule has 0 radical (unpaired) electrons. The van der Waals surface area contributed by atoms with E-state index in [-0.39, 0.29) is 6.10 Å². The van der Waals surface area contributed by atoms with E-state index in [1.54, 1.807) is 0 Å². The predicted molar refractivity (Wildman–Crippen MR) is 64.1 cm³/mol. The zero-order valence-electron chi connectivity index (χ0n) is 10.7. The van der Waals surface area contributed by atoms with E-state index in [1.807, 2.05) is 6.92 Å². The second kappa shape index (κ2) is 9.13. The van der Waals surface area contributed by atoms with E-state index >= 15 is 0 Å². The van der Waals surface area contributed by atoms with Gasteiger partial charge in [0, 0.05) is 6.54 Å². The van der Waals surface area contributed by atoms with Crippen LogP contribution in [0.3, 0.4) is 0 Å². The normalized spacial score (nSPS) is 13.8. The molecule has 15 heavy (non-hydrogen) atoms. The van der Waals surface area contributed by atoms with Crippen molar-refractivity contribution in [2.75, 3.05) is 26.7 Å². The molecular weight excluding hydrogens is 190 g/mol. The zero-order valence-corrected chi connectivity index (χ0v) is 10.7. The Morgan fingerprint density at radius 3 is 2.33 bits per heavy atom. The Kier molecular flexibility index (Phi) is 9.06. The Morgan fingerprint density at radius 2 is 1.80 bits per heavy atom. The molecule has 1 atom stereocenters. The lowest BCUT2D eigenvalue weighted by Crippen LogP contribution is -2.25. The monoisotopic (exact) mass is 217 g/mol. The Hall–Kier alpha value is -0.120. The molecule has 0 fully saturated rings. The van der Waals surface area contributed by atoms with Crippen LogP contribution in [0.1, 0.15) is 40.0 Å². The van der Waals surface area contributed by atoms with Gasteiger partial charge in [-0.15, -0.1) is 0 Å². The topological polar surface area (TPSA) is 32.7 Å². The molecule has 0 heterocycles. The average molecular weight is 217 g/mol. The molecule has 0 saturated heterocycles. The molecule has 0 aromatic carbocycles. The van der Waals surface area contributed by atoms with Crippen molar-refractivity contribution in [2.45, 2.75) is 52.2 Å². The molecule has 1 unspecified atom stereocenters. The summed E-state index contributed by atoms with van der Waals surface area (Å²) in [7, 11) is 2.12. The first kappa shape index (κ1) is 14.9. The minimum absolute atomic E-state index is 0.153. The standard InChI is InChI=1S/C12H27NO2/c1-11(2)15-10-9-13(4)8-6-5-7-12(3)14/h11-12,14H,5-10H2,1-4H3. The quantitative estimate of drug-likeness (QED) is 0.599. The first-order valence-corrected chi connectivity index (χ1v) is 6.00. The molecule has 3 nitrogen and oxygen atoms in total. The van der Waals surface area contributed by atoms with Gasteiger partial charge in [-0.2, -0.15) is 0 Å². The minimum Gasteiger partial charge on any atom is -0.393 e. The predicted octanol–water partition coefficient (Wildman–Crippen LogP) is 1.89. The van der Waals surface area contributed by atoms with Crippen LogP contribution in [0, 0.1) is 0 Å². The van der Waals surface area contributed by atoms with Crippen LogP contribution in [0.4, 0.5) is 0 Å². The van der Waals surface area contributed by atoms with Gasteiger partial charge in [-0.3, -0.25) is 0 Å². The van der Waals surface area contributed by atoms with Gasteiger partial charge in [-0.1, -0.05) is 0 Å². The van der Waals surface area contributed by atoms with Gasteiger partial charge in [0.1, 0.15) is 0 Å². The van der Waals surface area contributed by atoms with Crippen LogP contribution in [0.5, 0.6) is 0 Å². The SMILES string of the molecule is CC(O)CCCCN(C)CCOC(C)C. The van der Waals surface area contributed by atoms with E-state index in [2.05, 4.69) is 25.8 Å². The summed E-state index contributed by atoms with van der Waals surface area (Å²) in [6.07, 6.45) is 3.35. The second-order valence-corrected chi connectivity index (χ2v) is 4.57. The maximum absolute atomic E-state index is 9.09. The molecule has 1 N–H and O–H groups in total. The second-order valence-electron chi connectivity index (χ2n) is 4.57. The molecular formula is C12H27NO2. The van der Waals surface area contributed by atoms with Crippen molar-refractivity contribution in [1.29, 1.82) is 0 Å². The largest absolute Gasteiger partial charge is 0.393 e. The van der Waals surface area contributed by atoms with Crippen LogP contribution in [0.15, 0.2) is 0 Å². The summed E-state index contributed by atoms with van der Waals surface area (Å²) in [5.41, 5.74) is 0. The van der Waals surface area contributed by atoms with Crippen molar-refractivity contribution in [3.63, 3.8) is 0 Å². The van der Waals surface area contributed by atoms with Gasteiger partial charge in [0.15, 0.2) is 0 Å². The third kappa shape index (κ3) is 11.8. The number of unbranched alkanes of at least 4 members (excludes halogenated alkanes) is 1. The lowest BCUT2D eigenvalue weighted by atomic mass is 10.2. The number of aliphatic hydroxyl groups excluding tert-OH is 1. The van der Waals surface area contributed by atoms with Crippen LogP contribution in [-0.4, -0.2) is 49.0 Å². The third-order valence-electron chi connectivity index (χ3n) is 2.34. The van der Waals surface area contributed by atoms with E-state index in [1.165, 1.54) is 0 Å². The van der Waals surface area contributed by atoms with Gasteiger partial charge in [0.2, 0.25) is 0 Å². The maximum atomic E-state index is 9.09. The lowest BCUT2D eigenvalue weighted by molar-refractivity contribution is 0.0634. The Labute approximate surface area is 94.4 Å². The molecule has 0 aromatic heterocycles. The summed E-state index contributed by atoms with van der Waals surface area (Å²) in [4.78, 5) is 2.28. The van der Waals surface area contributed by atoms with Crippen LogP contribution < -0.4 is 0 Å². The summed E-state index contributed by atoms with van der Waals surface area (Å²) >= 11 is 0. The van der Waals surface area contributed by atoms with Crippen molar-refractivity contribution in [1.82, 2.24) is 4.90 Å². The molecule has 0 aromatic rings. The van der Waals surface area contributed by atoms with Crippen molar-refractivity contribution in [2.24, 2.45) is 0 Å². The highest BCUT2D eigenvalue weighted by Crippen LogP contribution is 2.01. The van der Waals surface area contributed by atoms with Gasteiger partial charge in [0.05, 0.1) is 18.8 Å². The molecule has 0 saturated carbocycles. The summed E-state index contributed by atoms with van der Waals surface area (Å²) < 4.78 is 5.48. The van der Waals surface area contributed by atoms with Gasteiger partial charge in [0.25, 0.3) is 0 Å². The van der Waals surface area contributed by atoms with Crippen LogP contribution >= 0.6 is 0 Å². The van der Waals surface area contributed by atoms with E-state index in [0.717, 1.165) is 39.0 Å².